The maximum absolute atomic E-state index is 12.8. The van der Waals surface area contributed by atoms with Gasteiger partial charge in [-0.1, -0.05) is 12.1 Å². The molecule has 4 nitrogen and oxygen atoms in total. The number of alkyl halides is 3. The van der Waals surface area contributed by atoms with E-state index in [0.717, 1.165) is 18.9 Å². The quantitative estimate of drug-likeness (QED) is 0.907. The maximum atomic E-state index is 12.8. The number of ether oxygens (including phenoxy) is 1. The van der Waals surface area contributed by atoms with Gasteiger partial charge in [-0.2, -0.15) is 13.2 Å². The number of halogens is 3. The van der Waals surface area contributed by atoms with Crippen molar-refractivity contribution in [3.8, 4) is 5.75 Å². The number of aliphatic carboxylic acids is 1. The second-order valence-electron chi connectivity index (χ2n) is 5.42. The van der Waals surface area contributed by atoms with Gasteiger partial charge in [0, 0.05) is 0 Å². The summed E-state index contributed by atoms with van der Waals surface area (Å²) in [5.74, 6) is -0.872. The molecule has 122 valence electrons. The average Bonchev–Trinajstić information content (AvgIpc) is 2.45. The molecule has 2 rings (SSSR count). The first-order valence-corrected chi connectivity index (χ1v) is 7.09. The number of carboxylic acids is 1. The highest BCUT2D eigenvalue weighted by atomic mass is 19.4. The first-order chi connectivity index (χ1) is 10.4. The van der Waals surface area contributed by atoms with Crippen molar-refractivity contribution in [1.82, 2.24) is 4.90 Å². The molecular formula is C15H18F3NO3. The largest absolute Gasteiger partial charge is 0.493 e. The molecular weight excluding hydrogens is 299 g/mol. The van der Waals surface area contributed by atoms with Gasteiger partial charge in [-0.15, -0.1) is 0 Å². The van der Waals surface area contributed by atoms with Gasteiger partial charge in [0.15, 0.2) is 0 Å². The van der Waals surface area contributed by atoms with Crippen LogP contribution in [0.3, 0.4) is 0 Å². The Balaban J connectivity index is 1.86. The van der Waals surface area contributed by atoms with E-state index in [4.69, 9.17) is 9.84 Å². The van der Waals surface area contributed by atoms with Crippen LogP contribution in [0.5, 0.6) is 5.75 Å². The van der Waals surface area contributed by atoms with Crippen molar-refractivity contribution < 1.29 is 27.8 Å². The predicted molar refractivity (Wildman–Crippen MR) is 73.7 cm³/mol. The summed E-state index contributed by atoms with van der Waals surface area (Å²) >= 11 is 0. The van der Waals surface area contributed by atoms with Gasteiger partial charge < -0.3 is 9.84 Å². The van der Waals surface area contributed by atoms with E-state index in [1.165, 1.54) is 18.2 Å². The molecule has 7 heteroatoms. The van der Waals surface area contributed by atoms with Crippen molar-refractivity contribution in [2.24, 2.45) is 5.92 Å². The molecule has 1 aromatic rings. The van der Waals surface area contributed by atoms with Gasteiger partial charge >= 0.3 is 12.1 Å². The highest BCUT2D eigenvalue weighted by molar-refractivity contribution is 5.69. The molecule has 0 amide bonds. The van der Waals surface area contributed by atoms with Gasteiger partial charge in [0.25, 0.3) is 0 Å². The Labute approximate surface area is 126 Å². The van der Waals surface area contributed by atoms with Crippen LogP contribution in [0.2, 0.25) is 0 Å². The Bertz CT molecular complexity index is 511. The summed E-state index contributed by atoms with van der Waals surface area (Å²) in [6.45, 7) is 1.47. The zero-order valence-corrected chi connectivity index (χ0v) is 12.0. The van der Waals surface area contributed by atoms with Gasteiger partial charge in [-0.3, -0.25) is 9.69 Å². The van der Waals surface area contributed by atoms with Crippen molar-refractivity contribution in [3.05, 3.63) is 29.8 Å². The summed E-state index contributed by atoms with van der Waals surface area (Å²) in [6, 6.07) is 5.17. The lowest BCUT2D eigenvalue weighted by molar-refractivity contribution is -0.139. The third kappa shape index (κ3) is 4.62. The molecule has 1 aliphatic heterocycles. The molecule has 0 atom stereocenters. The van der Waals surface area contributed by atoms with Crippen LogP contribution in [-0.4, -0.2) is 42.2 Å². The van der Waals surface area contributed by atoms with Gasteiger partial charge in [0.2, 0.25) is 0 Å². The topological polar surface area (TPSA) is 49.8 Å². The summed E-state index contributed by atoms with van der Waals surface area (Å²) < 4.78 is 43.9. The Morgan fingerprint density at radius 2 is 1.91 bits per heavy atom. The van der Waals surface area contributed by atoms with Gasteiger partial charge in [-0.05, 0) is 44.0 Å². The number of hydrogen-bond acceptors (Lipinski definition) is 3. The lowest BCUT2D eigenvalue weighted by Gasteiger charge is -2.30. The predicted octanol–water partition coefficient (Wildman–Crippen LogP) is 2.88. The first kappa shape index (κ1) is 16.6. The van der Waals surface area contributed by atoms with E-state index in [9.17, 15) is 18.0 Å². The summed E-state index contributed by atoms with van der Waals surface area (Å²) in [6.07, 6.45) is -2.98. The van der Waals surface area contributed by atoms with Crippen molar-refractivity contribution >= 4 is 5.97 Å². The van der Waals surface area contributed by atoms with Crippen LogP contribution in [0.15, 0.2) is 24.3 Å². The minimum Gasteiger partial charge on any atom is -0.493 e. The molecule has 1 aliphatic rings. The SMILES string of the molecule is O=C(O)CN1CCC(COc2ccccc2C(F)(F)F)CC1. The second kappa shape index (κ2) is 7.00. The highest BCUT2D eigenvalue weighted by Gasteiger charge is 2.34. The molecule has 1 N–H and O–H groups in total. The number of hydrogen-bond donors (Lipinski definition) is 1. The van der Waals surface area contributed by atoms with Crippen LogP contribution in [0.1, 0.15) is 18.4 Å². The normalized spacial score (nSPS) is 17.4. The van der Waals surface area contributed by atoms with Gasteiger partial charge in [-0.25, -0.2) is 0 Å². The number of carboxylic acid groups (broad SMARTS) is 1. The summed E-state index contributed by atoms with van der Waals surface area (Å²) in [7, 11) is 0. The Morgan fingerprint density at radius 3 is 2.50 bits per heavy atom. The molecule has 1 aromatic carbocycles. The van der Waals surface area contributed by atoms with Crippen LogP contribution in [-0.2, 0) is 11.0 Å². The number of para-hydroxylation sites is 1. The van der Waals surface area contributed by atoms with Crippen molar-refractivity contribution in [3.63, 3.8) is 0 Å². The molecule has 0 bridgehead atoms. The summed E-state index contributed by atoms with van der Waals surface area (Å²) in [4.78, 5) is 12.4. The Kier molecular flexibility index (Phi) is 5.28. The smallest absolute Gasteiger partial charge is 0.419 e. The van der Waals surface area contributed by atoms with Gasteiger partial charge in [0.1, 0.15) is 5.75 Å². The standard InChI is InChI=1S/C15H18F3NO3/c16-15(17,18)12-3-1-2-4-13(12)22-10-11-5-7-19(8-6-11)9-14(20)21/h1-4,11H,5-10H2,(H,20,21). The molecule has 0 spiro atoms. The first-order valence-electron chi connectivity index (χ1n) is 7.09. The molecule has 0 radical (unpaired) electrons. The molecule has 0 saturated carbocycles. The third-order valence-corrected chi connectivity index (χ3v) is 3.73. The lowest BCUT2D eigenvalue weighted by atomic mass is 9.98. The molecule has 1 heterocycles. The minimum absolute atomic E-state index is 0.00445. The van der Waals surface area contributed by atoms with Crippen LogP contribution >= 0.6 is 0 Å². The monoisotopic (exact) mass is 317 g/mol. The Hall–Kier alpha value is -1.76. The van der Waals surface area contributed by atoms with E-state index in [2.05, 4.69) is 0 Å². The molecule has 0 aromatic heterocycles. The third-order valence-electron chi connectivity index (χ3n) is 3.73. The zero-order valence-electron chi connectivity index (χ0n) is 12.0. The second-order valence-corrected chi connectivity index (χ2v) is 5.42. The zero-order chi connectivity index (χ0) is 16.2. The van der Waals surface area contributed by atoms with Crippen LogP contribution in [0.25, 0.3) is 0 Å². The van der Waals surface area contributed by atoms with E-state index in [0.29, 0.717) is 13.1 Å². The van der Waals surface area contributed by atoms with Crippen molar-refractivity contribution in [2.45, 2.75) is 19.0 Å². The van der Waals surface area contributed by atoms with E-state index >= 15 is 0 Å². The van der Waals surface area contributed by atoms with Gasteiger partial charge in [0.05, 0.1) is 18.7 Å². The lowest BCUT2D eigenvalue weighted by Crippen LogP contribution is -2.38. The number of benzene rings is 1. The maximum Gasteiger partial charge on any atom is 0.419 e. The molecule has 0 unspecified atom stereocenters. The fraction of sp³-hybridized carbons (Fsp3) is 0.533. The highest BCUT2D eigenvalue weighted by Crippen LogP contribution is 2.36. The number of likely N-dealkylation sites (tertiary alicyclic amines) is 1. The van der Waals surface area contributed by atoms with Crippen molar-refractivity contribution in [1.29, 1.82) is 0 Å². The van der Waals surface area contributed by atoms with E-state index < -0.39 is 17.7 Å². The molecule has 22 heavy (non-hydrogen) atoms. The molecule has 1 fully saturated rings. The van der Waals surface area contributed by atoms with Crippen LogP contribution in [0, 0.1) is 5.92 Å². The van der Waals surface area contributed by atoms with Crippen molar-refractivity contribution in [2.75, 3.05) is 26.2 Å². The number of nitrogens with zero attached hydrogens (tertiary/aromatic N) is 1. The average molecular weight is 317 g/mol. The fourth-order valence-electron chi connectivity index (χ4n) is 2.54. The summed E-state index contributed by atoms with van der Waals surface area (Å²) in [5.41, 5.74) is -0.765. The van der Waals surface area contributed by atoms with E-state index in [-0.39, 0.29) is 24.8 Å². The van der Waals surface area contributed by atoms with Crippen LogP contribution < -0.4 is 4.74 Å². The number of piperidine rings is 1. The number of rotatable bonds is 5. The molecule has 1 saturated heterocycles. The fourth-order valence-corrected chi connectivity index (χ4v) is 2.54. The minimum atomic E-state index is -4.43. The molecule has 0 aliphatic carbocycles. The Morgan fingerprint density at radius 1 is 1.27 bits per heavy atom. The van der Waals surface area contributed by atoms with Crippen LogP contribution in [0.4, 0.5) is 13.2 Å². The number of carbonyl (C=O) groups is 1. The van der Waals surface area contributed by atoms with E-state index in [1.54, 1.807) is 0 Å². The van der Waals surface area contributed by atoms with E-state index in [1.807, 2.05) is 4.90 Å². The summed E-state index contributed by atoms with van der Waals surface area (Å²) in [5, 5.41) is 8.72.